The van der Waals surface area contributed by atoms with Gasteiger partial charge in [-0.15, -0.1) is 0 Å². The van der Waals surface area contributed by atoms with Gasteiger partial charge in [0.2, 0.25) is 0 Å². The molecule has 0 bridgehead atoms. The molecule has 0 rings (SSSR count). The van der Waals surface area contributed by atoms with Gasteiger partial charge in [-0.1, -0.05) is 0 Å². The second kappa shape index (κ2) is 1.85. The molecule has 0 aliphatic heterocycles. The van der Waals surface area contributed by atoms with Gasteiger partial charge in [-0.25, -0.2) is 0 Å². The van der Waals surface area contributed by atoms with Crippen molar-refractivity contribution in [2.24, 2.45) is 0 Å². The largest absolute Gasteiger partial charge is 0.503 e. The molecule has 0 radical (unpaired) electrons. The summed E-state index contributed by atoms with van der Waals surface area (Å²) in [6.07, 6.45) is 0. The van der Waals surface area contributed by atoms with Crippen molar-refractivity contribution >= 4 is 20.1 Å². The van der Waals surface area contributed by atoms with Crippen LogP contribution in [-0.4, -0.2) is 14.3 Å². The maximum Gasteiger partial charge on any atom is 0.503 e. The van der Waals surface area contributed by atoms with Crippen LogP contribution in [0, 0.1) is 0 Å². The number of thiol groups is 1. The fourth-order valence-electron chi connectivity index (χ4n) is 0. The zero-order valence-corrected chi connectivity index (χ0v) is 4.96. The SMILES string of the molecule is O=[SH](O)(Cl)C(F)(F)F. The van der Waals surface area contributed by atoms with Crippen LogP contribution in [0.25, 0.3) is 0 Å². The Morgan fingerprint density at radius 1 is 1.50 bits per heavy atom. The minimum absolute atomic E-state index is 4.00. The summed E-state index contributed by atoms with van der Waals surface area (Å²) in [7, 11) is -1.38. The van der Waals surface area contributed by atoms with E-state index in [4.69, 9.17) is 4.55 Å². The van der Waals surface area contributed by atoms with E-state index in [-0.39, 0.29) is 0 Å². The molecule has 0 fully saturated rings. The predicted octanol–water partition coefficient (Wildman–Crippen LogP) is 1.15. The predicted molar refractivity (Wildman–Crippen MR) is 24.1 cm³/mol. The Labute approximate surface area is 48.4 Å². The number of alkyl halides is 3. The third-order valence-electron chi connectivity index (χ3n) is 0.313. The Bertz CT molecular complexity index is 124. The highest BCUT2D eigenvalue weighted by molar-refractivity contribution is 8.19. The molecule has 0 atom stereocenters. The first-order chi connectivity index (χ1) is 3.25. The molecular weight excluding hydrogens is 169 g/mol. The molecule has 0 spiro atoms. The summed E-state index contributed by atoms with van der Waals surface area (Å²) in [5, 5.41) is 0. The first-order valence-electron chi connectivity index (χ1n) is 1.34. The molecule has 0 saturated heterocycles. The van der Waals surface area contributed by atoms with Crippen molar-refractivity contribution in [3.63, 3.8) is 0 Å². The van der Waals surface area contributed by atoms with Crippen LogP contribution in [0.15, 0.2) is 0 Å². The van der Waals surface area contributed by atoms with E-state index < -0.39 is 14.9 Å². The zero-order chi connectivity index (χ0) is 7.00. The van der Waals surface area contributed by atoms with E-state index in [0.717, 1.165) is 0 Å². The van der Waals surface area contributed by atoms with Crippen LogP contribution >= 0.6 is 10.7 Å². The molecule has 0 aromatic rings. The molecule has 0 unspecified atom stereocenters. The van der Waals surface area contributed by atoms with E-state index in [2.05, 4.69) is 10.7 Å². The highest BCUT2D eigenvalue weighted by Gasteiger charge is 2.39. The van der Waals surface area contributed by atoms with Gasteiger partial charge in [-0.3, -0.25) is 4.55 Å². The average Bonchev–Trinajstić information content (AvgIpc) is 1.25. The number of rotatable bonds is 0. The van der Waals surface area contributed by atoms with Gasteiger partial charge in [0.25, 0.3) is 0 Å². The van der Waals surface area contributed by atoms with Gasteiger partial charge < -0.3 is 0 Å². The van der Waals surface area contributed by atoms with E-state index in [0.29, 0.717) is 0 Å². The number of hydrogen-bond acceptors (Lipinski definition) is 1. The summed E-state index contributed by atoms with van der Waals surface area (Å²) in [5.41, 5.74) is -5.19. The zero-order valence-electron chi connectivity index (χ0n) is 3.31. The standard InChI is InChI=1S/CH2ClF3O2S/c2-8(6,7)1(3,4)5/h8H,(H,6,7). The lowest BCUT2D eigenvalue weighted by molar-refractivity contribution is -0.0462. The average molecular weight is 171 g/mol. The van der Waals surface area contributed by atoms with Gasteiger partial charge in [0.15, 0.2) is 0 Å². The normalized spacial score (nSPS) is 16.1. The van der Waals surface area contributed by atoms with Crippen LogP contribution in [0.1, 0.15) is 0 Å². The van der Waals surface area contributed by atoms with Crippen molar-refractivity contribution in [3.05, 3.63) is 0 Å². The summed E-state index contributed by atoms with van der Waals surface area (Å²) in [5.74, 6) is 0. The van der Waals surface area contributed by atoms with Gasteiger partial charge >= 0.3 is 5.51 Å². The van der Waals surface area contributed by atoms with Gasteiger partial charge in [0.1, 0.15) is 0 Å². The second-order valence-corrected chi connectivity index (χ2v) is 3.86. The fourth-order valence-corrected chi connectivity index (χ4v) is 0. The van der Waals surface area contributed by atoms with Crippen LogP contribution in [0.2, 0.25) is 0 Å². The first-order valence-corrected chi connectivity index (χ1v) is 3.91. The van der Waals surface area contributed by atoms with E-state index in [1.807, 2.05) is 0 Å². The van der Waals surface area contributed by atoms with Crippen LogP contribution in [0.3, 0.4) is 0 Å². The Morgan fingerprint density at radius 3 is 1.62 bits per heavy atom. The van der Waals surface area contributed by atoms with Crippen LogP contribution in [-0.2, 0) is 9.43 Å². The lowest BCUT2D eigenvalue weighted by atomic mass is 11.6. The quantitative estimate of drug-likeness (QED) is 0.423. The summed E-state index contributed by atoms with van der Waals surface area (Å²) in [4.78, 5) is 0. The molecule has 0 saturated carbocycles. The maximum atomic E-state index is 10.9. The van der Waals surface area contributed by atoms with Crippen LogP contribution < -0.4 is 0 Å². The van der Waals surface area contributed by atoms with Crippen molar-refractivity contribution in [3.8, 4) is 0 Å². The molecule has 8 heavy (non-hydrogen) atoms. The highest BCUT2D eigenvalue weighted by atomic mass is 35.7. The molecular formula is CH2ClF3O2S. The van der Waals surface area contributed by atoms with Gasteiger partial charge in [-0.05, 0) is 9.43 Å². The second-order valence-electron chi connectivity index (χ2n) is 0.970. The number of halogens is 4. The Kier molecular flexibility index (Phi) is 1.90. The van der Waals surface area contributed by atoms with E-state index >= 15 is 0 Å². The molecule has 0 aliphatic rings. The van der Waals surface area contributed by atoms with Gasteiger partial charge in [0.05, 0.1) is 0 Å². The topological polar surface area (TPSA) is 37.3 Å². The summed E-state index contributed by atoms with van der Waals surface area (Å²) < 4.78 is 49.7. The third-order valence-corrected chi connectivity index (χ3v) is 1.51. The van der Waals surface area contributed by atoms with Crippen molar-refractivity contribution in [2.45, 2.75) is 5.51 Å². The molecule has 0 amide bonds. The van der Waals surface area contributed by atoms with Crippen LogP contribution in [0.5, 0.6) is 0 Å². The molecule has 0 aromatic heterocycles. The number of hydrogen-bond donors (Lipinski definition) is 2. The lowest BCUT2D eigenvalue weighted by Gasteiger charge is -2.15. The van der Waals surface area contributed by atoms with E-state index in [1.54, 1.807) is 0 Å². The summed E-state index contributed by atoms with van der Waals surface area (Å²) >= 11 is 0. The maximum absolute atomic E-state index is 10.9. The smallest absolute Gasteiger partial charge is 0.285 e. The molecule has 1 N–H and O–H groups in total. The molecule has 7 heteroatoms. The van der Waals surface area contributed by atoms with Crippen molar-refractivity contribution in [2.75, 3.05) is 0 Å². The Morgan fingerprint density at radius 2 is 1.62 bits per heavy atom. The first kappa shape index (κ1) is 8.19. The lowest BCUT2D eigenvalue weighted by Crippen LogP contribution is -2.23. The van der Waals surface area contributed by atoms with Crippen molar-refractivity contribution < 1.29 is 21.9 Å². The molecule has 0 aliphatic carbocycles. The molecule has 2 nitrogen and oxygen atoms in total. The van der Waals surface area contributed by atoms with Gasteiger partial charge in [-0.2, -0.15) is 17.4 Å². The Hall–Kier alpha value is 0.190. The van der Waals surface area contributed by atoms with E-state index in [1.165, 1.54) is 0 Å². The summed E-state index contributed by atoms with van der Waals surface area (Å²) in [6.45, 7) is 0. The Balaban J connectivity index is 4.26. The molecule has 0 aromatic carbocycles. The van der Waals surface area contributed by atoms with Crippen LogP contribution in [0.4, 0.5) is 13.2 Å². The third kappa shape index (κ3) is 1.97. The minimum atomic E-state index is -5.38. The summed E-state index contributed by atoms with van der Waals surface area (Å²) in [6, 6.07) is 0. The molecule has 52 valence electrons. The van der Waals surface area contributed by atoms with Crippen molar-refractivity contribution in [1.82, 2.24) is 0 Å². The monoisotopic (exact) mass is 170 g/mol. The minimum Gasteiger partial charge on any atom is -0.285 e. The highest BCUT2D eigenvalue weighted by Crippen LogP contribution is 2.30. The van der Waals surface area contributed by atoms with Gasteiger partial charge in [0, 0.05) is 10.7 Å². The van der Waals surface area contributed by atoms with Crippen molar-refractivity contribution in [1.29, 1.82) is 0 Å². The molecule has 0 heterocycles. The fraction of sp³-hybridized carbons (Fsp3) is 1.00. The van der Waals surface area contributed by atoms with E-state index in [9.17, 15) is 17.4 Å².